The molecule has 2 saturated carbocycles. The molecule has 1 aliphatic heterocycles. The Morgan fingerprint density at radius 2 is 1.61 bits per heavy atom. The Morgan fingerprint density at radius 1 is 0.957 bits per heavy atom. The number of anilines is 1. The average Bonchev–Trinajstić information content (AvgIpc) is 3.03. The van der Waals surface area contributed by atoms with Crippen LogP contribution in [0.3, 0.4) is 0 Å². The first kappa shape index (κ1) is 15.4. The zero-order chi connectivity index (χ0) is 15.9. The minimum Gasteiger partial charge on any atom is -0.389 e. The van der Waals surface area contributed by atoms with Crippen molar-refractivity contribution in [2.75, 3.05) is 37.6 Å². The summed E-state index contributed by atoms with van der Waals surface area (Å²) < 4.78 is 0. The van der Waals surface area contributed by atoms with Gasteiger partial charge in [0, 0.05) is 43.8 Å². The highest BCUT2D eigenvalue weighted by atomic mass is 16.4. The maximum absolute atomic E-state index is 11.0. The summed E-state index contributed by atoms with van der Waals surface area (Å²) in [6.07, 6.45) is 5.04. The molecule has 0 bridgehead atoms. The van der Waals surface area contributed by atoms with Crippen molar-refractivity contribution >= 4 is 5.69 Å². The van der Waals surface area contributed by atoms with Crippen LogP contribution < -0.4 is 4.90 Å². The number of nitrogens with zero attached hydrogens (tertiary/aromatic N) is 2. The van der Waals surface area contributed by atoms with Gasteiger partial charge in [-0.25, -0.2) is 0 Å². The first-order valence-corrected chi connectivity index (χ1v) is 9.09. The number of aliphatic hydroxyl groups is 2. The second-order valence-electron chi connectivity index (χ2n) is 7.64. The first-order valence-electron chi connectivity index (χ1n) is 9.09. The van der Waals surface area contributed by atoms with E-state index in [-0.39, 0.29) is 5.41 Å². The van der Waals surface area contributed by atoms with Gasteiger partial charge in [-0.2, -0.15) is 0 Å². The van der Waals surface area contributed by atoms with E-state index in [0.717, 1.165) is 51.9 Å². The third kappa shape index (κ3) is 2.48. The van der Waals surface area contributed by atoms with E-state index < -0.39 is 11.7 Å². The molecule has 2 atom stereocenters. The predicted molar refractivity (Wildman–Crippen MR) is 91.6 cm³/mol. The topological polar surface area (TPSA) is 46.9 Å². The first-order chi connectivity index (χ1) is 11.2. The number of hydrogen-bond acceptors (Lipinski definition) is 4. The van der Waals surface area contributed by atoms with Crippen molar-refractivity contribution in [2.45, 2.75) is 43.8 Å². The molecular formula is C19H28N2O2. The molecular weight excluding hydrogens is 288 g/mol. The van der Waals surface area contributed by atoms with Crippen LogP contribution in [-0.4, -0.2) is 59.5 Å². The van der Waals surface area contributed by atoms with Gasteiger partial charge >= 0.3 is 0 Å². The standard InChI is InChI=1S/C19H28N2O2/c22-17-18(9-5-2-6-10-18)19(17,23)15-20-11-13-21(14-12-20)16-7-3-1-4-8-16/h1,3-4,7-8,17,22-23H,2,5-6,9-15H2. The number of aliphatic hydroxyl groups excluding tert-OH is 1. The largest absolute Gasteiger partial charge is 0.389 e. The molecule has 0 radical (unpaired) electrons. The summed E-state index contributed by atoms with van der Waals surface area (Å²) in [5.41, 5.74) is 0.227. The number of benzene rings is 1. The molecule has 4 rings (SSSR count). The Balaban J connectivity index is 1.35. The fraction of sp³-hybridized carbons (Fsp3) is 0.684. The van der Waals surface area contributed by atoms with Crippen molar-refractivity contribution in [1.82, 2.24) is 4.90 Å². The molecule has 2 aliphatic carbocycles. The highest BCUT2D eigenvalue weighted by molar-refractivity contribution is 5.46. The highest BCUT2D eigenvalue weighted by Crippen LogP contribution is 2.64. The second-order valence-corrected chi connectivity index (χ2v) is 7.64. The van der Waals surface area contributed by atoms with Gasteiger partial charge in [-0.1, -0.05) is 37.5 Å². The van der Waals surface area contributed by atoms with Gasteiger partial charge < -0.3 is 15.1 Å². The van der Waals surface area contributed by atoms with Crippen LogP contribution in [0.1, 0.15) is 32.1 Å². The molecule has 4 nitrogen and oxygen atoms in total. The van der Waals surface area contributed by atoms with E-state index in [1.54, 1.807) is 0 Å². The lowest BCUT2D eigenvalue weighted by molar-refractivity contribution is 0.0267. The molecule has 126 valence electrons. The lowest BCUT2D eigenvalue weighted by Crippen LogP contribution is -2.50. The van der Waals surface area contributed by atoms with Crippen molar-refractivity contribution < 1.29 is 10.2 Å². The summed E-state index contributed by atoms with van der Waals surface area (Å²) in [4.78, 5) is 4.74. The average molecular weight is 316 g/mol. The zero-order valence-electron chi connectivity index (χ0n) is 13.8. The zero-order valence-corrected chi connectivity index (χ0v) is 13.8. The summed E-state index contributed by atoms with van der Waals surface area (Å²) in [5, 5.41) is 21.4. The normalized spacial score (nSPS) is 33.8. The third-order valence-corrected chi connectivity index (χ3v) is 6.46. The van der Waals surface area contributed by atoms with Gasteiger partial charge in [0.1, 0.15) is 5.60 Å². The lowest BCUT2D eigenvalue weighted by atomic mass is 9.83. The number of para-hydroxylation sites is 1. The summed E-state index contributed by atoms with van der Waals surface area (Å²) >= 11 is 0. The van der Waals surface area contributed by atoms with Crippen LogP contribution in [0.4, 0.5) is 5.69 Å². The molecule has 23 heavy (non-hydrogen) atoms. The van der Waals surface area contributed by atoms with Gasteiger partial charge in [-0.15, -0.1) is 0 Å². The quantitative estimate of drug-likeness (QED) is 0.894. The second kappa shape index (κ2) is 5.76. The number of rotatable bonds is 3. The van der Waals surface area contributed by atoms with Gasteiger partial charge in [-0.3, -0.25) is 4.90 Å². The smallest absolute Gasteiger partial charge is 0.112 e. The van der Waals surface area contributed by atoms with E-state index >= 15 is 0 Å². The fourth-order valence-corrected chi connectivity index (χ4v) is 4.90. The molecule has 1 heterocycles. The van der Waals surface area contributed by atoms with E-state index in [4.69, 9.17) is 0 Å². The third-order valence-electron chi connectivity index (χ3n) is 6.46. The number of piperazine rings is 1. The maximum atomic E-state index is 11.0. The molecule has 1 aromatic rings. The van der Waals surface area contributed by atoms with Gasteiger partial charge in [-0.05, 0) is 25.0 Å². The van der Waals surface area contributed by atoms with Crippen LogP contribution in [0.25, 0.3) is 0 Å². The Hall–Kier alpha value is -1.10. The van der Waals surface area contributed by atoms with Crippen LogP contribution in [0, 0.1) is 5.41 Å². The summed E-state index contributed by atoms with van der Waals surface area (Å²) in [6, 6.07) is 10.5. The van der Waals surface area contributed by atoms with E-state index in [2.05, 4.69) is 34.1 Å². The molecule has 1 spiro atoms. The van der Waals surface area contributed by atoms with Gasteiger partial charge in [0.2, 0.25) is 0 Å². The Bertz CT molecular complexity index is 536. The molecule has 3 aliphatic rings. The van der Waals surface area contributed by atoms with Crippen LogP contribution >= 0.6 is 0 Å². The summed E-state index contributed by atoms with van der Waals surface area (Å²) in [7, 11) is 0. The Kier molecular flexibility index (Phi) is 3.87. The van der Waals surface area contributed by atoms with Crippen LogP contribution in [0.5, 0.6) is 0 Å². The lowest BCUT2D eigenvalue weighted by Gasteiger charge is -2.38. The maximum Gasteiger partial charge on any atom is 0.112 e. The van der Waals surface area contributed by atoms with Crippen molar-refractivity contribution in [3.05, 3.63) is 30.3 Å². The van der Waals surface area contributed by atoms with Crippen LogP contribution in [-0.2, 0) is 0 Å². The van der Waals surface area contributed by atoms with E-state index in [1.165, 1.54) is 12.1 Å². The minimum absolute atomic E-state index is 0.193. The highest BCUT2D eigenvalue weighted by Gasteiger charge is 2.75. The SMILES string of the molecule is OC1C(O)(CN2CCN(c3ccccc3)CC2)C12CCCCC2. The predicted octanol–water partition coefficient (Wildman–Crippen LogP) is 1.86. The summed E-state index contributed by atoms with van der Waals surface area (Å²) in [6.45, 7) is 4.53. The Morgan fingerprint density at radius 3 is 2.26 bits per heavy atom. The number of β-amino-alcohol motifs (C(OH)–C–C–N with tert-alkyl or cyclic N) is 1. The molecule has 0 amide bonds. The fourth-order valence-electron chi connectivity index (χ4n) is 4.90. The van der Waals surface area contributed by atoms with Crippen molar-refractivity contribution in [2.24, 2.45) is 5.41 Å². The molecule has 1 saturated heterocycles. The molecule has 3 fully saturated rings. The molecule has 4 heteroatoms. The molecule has 2 N–H and O–H groups in total. The van der Waals surface area contributed by atoms with Crippen molar-refractivity contribution in [1.29, 1.82) is 0 Å². The van der Waals surface area contributed by atoms with Crippen molar-refractivity contribution in [3.63, 3.8) is 0 Å². The van der Waals surface area contributed by atoms with Crippen LogP contribution in [0.2, 0.25) is 0 Å². The van der Waals surface area contributed by atoms with Gasteiger partial charge in [0.05, 0.1) is 6.10 Å². The van der Waals surface area contributed by atoms with E-state index in [9.17, 15) is 10.2 Å². The minimum atomic E-state index is -0.859. The Labute approximate surface area is 138 Å². The molecule has 0 aromatic heterocycles. The van der Waals surface area contributed by atoms with Crippen LogP contribution in [0.15, 0.2) is 30.3 Å². The summed E-state index contributed by atoms with van der Waals surface area (Å²) in [5.74, 6) is 0. The van der Waals surface area contributed by atoms with Gasteiger partial charge in [0.25, 0.3) is 0 Å². The molecule has 2 unspecified atom stereocenters. The van der Waals surface area contributed by atoms with Crippen molar-refractivity contribution in [3.8, 4) is 0 Å². The van der Waals surface area contributed by atoms with Gasteiger partial charge in [0.15, 0.2) is 0 Å². The van der Waals surface area contributed by atoms with E-state index in [1.807, 2.05) is 6.07 Å². The van der Waals surface area contributed by atoms with E-state index in [0.29, 0.717) is 6.54 Å². The monoisotopic (exact) mass is 316 g/mol. The molecule has 1 aromatic carbocycles. The number of hydrogen-bond donors (Lipinski definition) is 2.